The molecular weight excluding hydrogens is 316 g/mol. The highest BCUT2D eigenvalue weighted by molar-refractivity contribution is 7.80. The van der Waals surface area contributed by atoms with Gasteiger partial charge in [-0.25, -0.2) is 0 Å². The van der Waals surface area contributed by atoms with Crippen LogP contribution in [0.3, 0.4) is 0 Å². The van der Waals surface area contributed by atoms with Gasteiger partial charge >= 0.3 is 0 Å². The normalized spacial score (nSPS) is 16.4. The Kier molecular flexibility index (Phi) is 5.36. The number of aryl methyl sites for hydroxylation is 1. The second-order valence-corrected chi connectivity index (χ2v) is 6.84. The number of hydrogen-bond acceptors (Lipinski definition) is 2. The molecule has 4 heteroatoms. The van der Waals surface area contributed by atoms with Crippen molar-refractivity contribution in [3.05, 3.63) is 59.7 Å². The average Bonchev–Trinajstić information content (AvgIpc) is 2.56. The number of ether oxygens (including phenoxy) is 1. The summed E-state index contributed by atoms with van der Waals surface area (Å²) in [6.45, 7) is 4.04. The molecule has 0 aliphatic heterocycles. The molecule has 3 rings (SSSR count). The fourth-order valence-electron chi connectivity index (χ4n) is 3.12. The van der Waals surface area contributed by atoms with Crippen LogP contribution in [0.2, 0.25) is 0 Å². The van der Waals surface area contributed by atoms with E-state index in [-0.39, 0.29) is 6.10 Å². The first-order valence-electron chi connectivity index (χ1n) is 8.54. The van der Waals surface area contributed by atoms with Crippen LogP contribution in [0.5, 0.6) is 5.75 Å². The number of fused-ring (bicyclic) bond motifs is 1. The van der Waals surface area contributed by atoms with Crippen LogP contribution in [-0.4, -0.2) is 11.2 Å². The molecule has 0 bridgehead atoms. The van der Waals surface area contributed by atoms with E-state index in [2.05, 4.69) is 34.9 Å². The summed E-state index contributed by atoms with van der Waals surface area (Å²) in [6, 6.07) is 16.8. The van der Waals surface area contributed by atoms with Crippen molar-refractivity contribution in [2.75, 3.05) is 5.32 Å². The van der Waals surface area contributed by atoms with Crippen LogP contribution in [0.1, 0.15) is 43.9 Å². The monoisotopic (exact) mass is 340 g/mol. The number of benzene rings is 2. The maximum atomic E-state index is 5.66. The van der Waals surface area contributed by atoms with Crippen LogP contribution in [0.15, 0.2) is 48.5 Å². The number of hydrogen-bond donors (Lipinski definition) is 2. The van der Waals surface area contributed by atoms with E-state index in [1.165, 1.54) is 17.5 Å². The molecule has 0 aromatic heterocycles. The molecule has 24 heavy (non-hydrogen) atoms. The number of rotatable bonds is 4. The average molecular weight is 340 g/mol. The molecule has 1 aliphatic rings. The van der Waals surface area contributed by atoms with Gasteiger partial charge in [0.15, 0.2) is 5.11 Å². The van der Waals surface area contributed by atoms with Crippen LogP contribution in [0, 0.1) is 0 Å². The molecule has 0 saturated heterocycles. The third-order valence-electron chi connectivity index (χ3n) is 4.16. The largest absolute Gasteiger partial charge is 0.491 e. The van der Waals surface area contributed by atoms with Crippen LogP contribution >= 0.6 is 12.2 Å². The molecule has 0 saturated carbocycles. The Morgan fingerprint density at radius 2 is 1.88 bits per heavy atom. The summed E-state index contributed by atoms with van der Waals surface area (Å²) >= 11 is 5.50. The van der Waals surface area contributed by atoms with Crippen molar-refractivity contribution in [2.45, 2.75) is 45.3 Å². The van der Waals surface area contributed by atoms with Gasteiger partial charge in [-0.2, -0.15) is 0 Å². The van der Waals surface area contributed by atoms with Gasteiger partial charge in [-0.05, 0) is 80.7 Å². The Hall–Kier alpha value is -2.07. The summed E-state index contributed by atoms with van der Waals surface area (Å²) in [4.78, 5) is 0. The highest BCUT2D eigenvalue weighted by Gasteiger charge is 2.20. The summed E-state index contributed by atoms with van der Waals surface area (Å²) < 4.78 is 5.66. The quantitative estimate of drug-likeness (QED) is 0.781. The fourth-order valence-corrected chi connectivity index (χ4v) is 3.38. The van der Waals surface area contributed by atoms with Gasteiger partial charge in [-0.15, -0.1) is 0 Å². The molecule has 2 aromatic carbocycles. The third kappa shape index (κ3) is 4.26. The Balaban J connectivity index is 1.60. The lowest BCUT2D eigenvalue weighted by Gasteiger charge is -2.27. The zero-order valence-electron chi connectivity index (χ0n) is 14.2. The van der Waals surface area contributed by atoms with Crippen LogP contribution in [0.4, 0.5) is 5.69 Å². The van der Waals surface area contributed by atoms with E-state index >= 15 is 0 Å². The summed E-state index contributed by atoms with van der Waals surface area (Å²) in [5.41, 5.74) is 3.76. The first-order valence-corrected chi connectivity index (χ1v) is 8.94. The van der Waals surface area contributed by atoms with E-state index in [1.54, 1.807) is 0 Å². The maximum Gasteiger partial charge on any atom is 0.171 e. The van der Waals surface area contributed by atoms with Crippen LogP contribution < -0.4 is 15.4 Å². The second-order valence-electron chi connectivity index (χ2n) is 6.43. The zero-order valence-corrected chi connectivity index (χ0v) is 15.0. The Morgan fingerprint density at radius 1 is 1.12 bits per heavy atom. The lowest BCUT2D eigenvalue weighted by molar-refractivity contribution is 0.242. The Morgan fingerprint density at radius 3 is 2.62 bits per heavy atom. The summed E-state index contributed by atoms with van der Waals surface area (Å²) in [7, 11) is 0. The third-order valence-corrected chi connectivity index (χ3v) is 4.38. The minimum absolute atomic E-state index is 0.179. The van der Waals surface area contributed by atoms with E-state index in [0.717, 1.165) is 24.3 Å². The molecule has 0 heterocycles. The van der Waals surface area contributed by atoms with Gasteiger partial charge in [0.05, 0.1) is 12.1 Å². The van der Waals surface area contributed by atoms with Gasteiger partial charge in [0.25, 0.3) is 0 Å². The minimum atomic E-state index is 0.179. The van der Waals surface area contributed by atoms with Gasteiger partial charge in [0, 0.05) is 5.69 Å². The molecule has 1 unspecified atom stereocenters. The van der Waals surface area contributed by atoms with E-state index in [4.69, 9.17) is 17.0 Å². The topological polar surface area (TPSA) is 33.3 Å². The summed E-state index contributed by atoms with van der Waals surface area (Å²) in [5, 5.41) is 7.39. The molecule has 2 N–H and O–H groups in total. The molecule has 0 radical (unpaired) electrons. The molecule has 2 aromatic rings. The molecule has 0 spiro atoms. The molecule has 1 aliphatic carbocycles. The lowest BCUT2D eigenvalue weighted by Crippen LogP contribution is -2.34. The second kappa shape index (κ2) is 7.67. The van der Waals surface area contributed by atoms with Crippen molar-refractivity contribution in [1.29, 1.82) is 0 Å². The molecule has 126 valence electrons. The minimum Gasteiger partial charge on any atom is -0.491 e. The van der Waals surface area contributed by atoms with Crippen molar-refractivity contribution < 1.29 is 4.74 Å². The van der Waals surface area contributed by atoms with E-state index in [0.29, 0.717) is 11.2 Å². The molecular formula is C20H24N2OS. The first kappa shape index (κ1) is 16.8. The predicted molar refractivity (Wildman–Crippen MR) is 104 cm³/mol. The van der Waals surface area contributed by atoms with Crippen LogP contribution in [-0.2, 0) is 6.42 Å². The molecule has 0 amide bonds. The molecule has 1 atom stereocenters. The Bertz CT molecular complexity index is 697. The van der Waals surface area contributed by atoms with E-state index < -0.39 is 0 Å². The van der Waals surface area contributed by atoms with Gasteiger partial charge in [0.2, 0.25) is 0 Å². The number of thiocarbonyl (C=S) groups is 1. The lowest BCUT2D eigenvalue weighted by atomic mass is 9.88. The van der Waals surface area contributed by atoms with Crippen molar-refractivity contribution in [2.24, 2.45) is 0 Å². The van der Waals surface area contributed by atoms with Crippen molar-refractivity contribution >= 4 is 23.0 Å². The van der Waals surface area contributed by atoms with Gasteiger partial charge in [-0.1, -0.05) is 24.3 Å². The standard InChI is InChI=1S/C20H24N2OS/c1-14(2)23-17-12-10-16(11-13-17)21-20(24)22-19-9-5-7-15-6-3-4-8-18(15)19/h3-4,6,8,10-14,19H,5,7,9H2,1-2H3,(H2,21,22,24). The fraction of sp³-hybridized carbons (Fsp3) is 0.350. The highest BCUT2D eigenvalue weighted by atomic mass is 32.1. The van der Waals surface area contributed by atoms with Crippen molar-refractivity contribution in [3.63, 3.8) is 0 Å². The van der Waals surface area contributed by atoms with E-state index in [1.807, 2.05) is 38.1 Å². The zero-order chi connectivity index (χ0) is 16.9. The van der Waals surface area contributed by atoms with Crippen LogP contribution in [0.25, 0.3) is 0 Å². The van der Waals surface area contributed by atoms with Gasteiger partial charge in [0.1, 0.15) is 5.75 Å². The predicted octanol–water partition coefficient (Wildman–Crippen LogP) is 4.84. The van der Waals surface area contributed by atoms with Gasteiger partial charge < -0.3 is 15.4 Å². The van der Waals surface area contributed by atoms with E-state index in [9.17, 15) is 0 Å². The Labute approximate surface area is 149 Å². The van der Waals surface area contributed by atoms with Gasteiger partial charge in [-0.3, -0.25) is 0 Å². The number of nitrogens with one attached hydrogen (secondary N) is 2. The maximum absolute atomic E-state index is 5.66. The smallest absolute Gasteiger partial charge is 0.171 e. The summed E-state index contributed by atoms with van der Waals surface area (Å²) in [5.74, 6) is 0.871. The first-order chi connectivity index (χ1) is 11.6. The highest BCUT2D eigenvalue weighted by Crippen LogP contribution is 2.29. The van der Waals surface area contributed by atoms with Crippen molar-refractivity contribution in [1.82, 2.24) is 5.32 Å². The summed E-state index contributed by atoms with van der Waals surface area (Å²) in [6.07, 6.45) is 3.64. The molecule has 3 nitrogen and oxygen atoms in total. The van der Waals surface area contributed by atoms with Crippen molar-refractivity contribution in [3.8, 4) is 5.75 Å². The number of anilines is 1. The molecule has 0 fully saturated rings. The SMILES string of the molecule is CC(C)Oc1ccc(NC(=S)NC2CCCc3ccccc32)cc1.